The van der Waals surface area contributed by atoms with Gasteiger partial charge in [-0.25, -0.2) is 0 Å². The van der Waals surface area contributed by atoms with Gasteiger partial charge in [0.15, 0.2) is 6.61 Å². The van der Waals surface area contributed by atoms with E-state index in [4.69, 9.17) is 4.74 Å². The molecular formula is C19H21NO4. The highest BCUT2D eigenvalue weighted by molar-refractivity contribution is 5.83. The lowest BCUT2D eigenvalue weighted by molar-refractivity contribution is -0.148. The summed E-state index contributed by atoms with van der Waals surface area (Å²) >= 11 is 0. The third-order valence-electron chi connectivity index (χ3n) is 3.63. The molecule has 2 rings (SSSR count). The number of ether oxygens (including phenoxy) is 2. The maximum Gasteiger partial charge on any atom is 0.325 e. The van der Waals surface area contributed by atoms with Crippen LogP contribution in [0.2, 0.25) is 0 Å². The predicted octanol–water partition coefficient (Wildman–Crippen LogP) is 2.58. The van der Waals surface area contributed by atoms with Crippen molar-refractivity contribution < 1.29 is 19.1 Å². The van der Waals surface area contributed by atoms with Crippen LogP contribution in [0.4, 0.5) is 0 Å². The summed E-state index contributed by atoms with van der Waals surface area (Å²) in [6.45, 7) is 2.06. The Labute approximate surface area is 141 Å². The Bertz CT molecular complexity index is 685. The number of hydrogen-bond donors (Lipinski definition) is 0. The molecule has 2 aromatic rings. The summed E-state index contributed by atoms with van der Waals surface area (Å²) in [5, 5.41) is 0. The first-order valence-corrected chi connectivity index (χ1v) is 7.67. The van der Waals surface area contributed by atoms with Crippen LogP contribution in [0.25, 0.3) is 0 Å². The molecule has 0 saturated carbocycles. The highest BCUT2D eigenvalue weighted by Crippen LogP contribution is 2.12. The van der Waals surface area contributed by atoms with E-state index in [0.717, 1.165) is 11.1 Å². The first-order valence-electron chi connectivity index (χ1n) is 7.67. The van der Waals surface area contributed by atoms with E-state index in [0.29, 0.717) is 12.3 Å². The van der Waals surface area contributed by atoms with Gasteiger partial charge in [0, 0.05) is 6.54 Å². The topological polar surface area (TPSA) is 55.8 Å². The molecule has 0 aromatic heterocycles. The fraction of sp³-hybridized carbons (Fsp3) is 0.263. The van der Waals surface area contributed by atoms with E-state index in [-0.39, 0.29) is 19.1 Å². The molecule has 5 heteroatoms. The van der Waals surface area contributed by atoms with Crippen molar-refractivity contribution in [2.24, 2.45) is 0 Å². The second-order valence-electron chi connectivity index (χ2n) is 5.35. The van der Waals surface area contributed by atoms with Gasteiger partial charge in [0.05, 0.1) is 7.11 Å². The van der Waals surface area contributed by atoms with Crippen molar-refractivity contribution in [3.63, 3.8) is 0 Å². The smallest absolute Gasteiger partial charge is 0.325 e. The molecule has 1 amide bonds. The van der Waals surface area contributed by atoms with Crippen LogP contribution < -0.4 is 4.74 Å². The average molecular weight is 327 g/mol. The fourth-order valence-corrected chi connectivity index (χ4v) is 2.20. The van der Waals surface area contributed by atoms with Crippen molar-refractivity contribution in [2.75, 3.05) is 20.3 Å². The second-order valence-corrected chi connectivity index (χ2v) is 5.35. The van der Waals surface area contributed by atoms with Crippen molar-refractivity contribution in [3.8, 4) is 5.75 Å². The summed E-state index contributed by atoms with van der Waals surface area (Å²) in [6, 6.07) is 16.8. The van der Waals surface area contributed by atoms with Gasteiger partial charge in [0.25, 0.3) is 5.91 Å². The number of nitrogens with zero attached hydrogens (tertiary/aromatic N) is 1. The van der Waals surface area contributed by atoms with E-state index in [9.17, 15) is 9.59 Å². The van der Waals surface area contributed by atoms with Gasteiger partial charge in [0.2, 0.25) is 0 Å². The maximum atomic E-state index is 12.5. The van der Waals surface area contributed by atoms with Crippen molar-refractivity contribution in [1.82, 2.24) is 4.90 Å². The Kier molecular flexibility index (Phi) is 6.37. The minimum Gasteiger partial charge on any atom is -0.484 e. The Morgan fingerprint density at radius 2 is 1.67 bits per heavy atom. The number of carbonyl (C=O) groups is 2. The highest BCUT2D eigenvalue weighted by Gasteiger charge is 2.19. The number of hydrogen-bond acceptors (Lipinski definition) is 4. The minimum absolute atomic E-state index is 0.109. The van der Waals surface area contributed by atoms with Gasteiger partial charge < -0.3 is 14.4 Å². The van der Waals surface area contributed by atoms with Crippen LogP contribution in [0.1, 0.15) is 11.1 Å². The number of amides is 1. The van der Waals surface area contributed by atoms with Crippen LogP contribution in [0.5, 0.6) is 5.75 Å². The fourth-order valence-electron chi connectivity index (χ4n) is 2.20. The van der Waals surface area contributed by atoms with Crippen molar-refractivity contribution in [3.05, 3.63) is 65.7 Å². The predicted molar refractivity (Wildman–Crippen MR) is 90.5 cm³/mol. The van der Waals surface area contributed by atoms with Crippen LogP contribution in [-0.2, 0) is 20.9 Å². The van der Waals surface area contributed by atoms with E-state index in [1.807, 2.05) is 49.4 Å². The average Bonchev–Trinajstić information content (AvgIpc) is 2.61. The number of benzene rings is 2. The van der Waals surface area contributed by atoms with Crippen LogP contribution in [0.15, 0.2) is 54.6 Å². The molecule has 0 saturated heterocycles. The first-order chi connectivity index (χ1) is 11.6. The highest BCUT2D eigenvalue weighted by atomic mass is 16.5. The lowest BCUT2D eigenvalue weighted by atomic mass is 10.1. The molecule has 0 heterocycles. The number of rotatable bonds is 7. The maximum absolute atomic E-state index is 12.5. The Morgan fingerprint density at radius 3 is 2.33 bits per heavy atom. The molecular weight excluding hydrogens is 306 g/mol. The molecule has 0 spiro atoms. The third-order valence-corrected chi connectivity index (χ3v) is 3.63. The molecule has 0 aliphatic heterocycles. The van der Waals surface area contributed by atoms with Crippen molar-refractivity contribution in [2.45, 2.75) is 13.5 Å². The van der Waals surface area contributed by atoms with E-state index in [1.165, 1.54) is 12.0 Å². The first kappa shape index (κ1) is 17.5. The van der Waals surface area contributed by atoms with E-state index in [1.54, 1.807) is 12.1 Å². The van der Waals surface area contributed by atoms with Crippen LogP contribution in [-0.4, -0.2) is 37.0 Å². The largest absolute Gasteiger partial charge is 0.484 e. The lowest BCUT2D eigenvalue weighted by Gasteiger charge is -2.22. The zero-order valence-electron chi connectivity index (χ0n) is 13.9. The van der Waals surface area contributed by atoms with Crippen molar-refractivity contribution >= 4 is 11.9 Å². The number of methoxy groups -OCH3 is 1. The lowest BCUT2D eigenvalue weighted by Crippen LogP contribution is -2.38. The minimum atomic E-state index is -0.461. The normalized spacial score (nSPS) is 10.1. The van der Waals surface area contributed by atoms with Gasteiger partial charge >= 0.3 is 5.97 Å². The summed E-state index contributed by atoms with van der Waals surface area (Å²) in [7, 11) is 1.30. The summed E-state index contributed by atoms with van der Waals surface area (Å²) in [5.74, 6) is -0.121. The zero-order chi connectivity index (χ0) is 17.4. The van der Waals surface area contributed by atoms with Gasteiger partial charge in [0.1, 0.15) is 12.3 Å². The Balaban J connectivity index is 2.05. The van der Waals surface area contributed by atoms with Crippen LogP contribution in [0, 0.1) is 6.92 Å². The summed E-state index contributed by atoms with van der Waals surface area (Å²) in [4.78, 5) is 25.5. The van der Waals surface area contributed by atoms with E-state index < -0.39 is 5.97 Å². The Morgan fingerprint density at radius 1 is 1.00 bits per heavy atom. The third kappa shape index (κ3) is 5.12. The molecule has 5 nitrogen and oxygen atoms in total. The summed E-state index contributed by atoms with van der Waals surface area (Å²) < 4.78 is 10.2. The van der Waals surface area contributed by atoms with Crippen LogP contribution >= 0.6 is 0 Å². The molecule has 0 unspecified atom stereocenters. The molecule has 2 aromatic carbocycles. The molecule has 0 aliphatic rings. The van der Waals surface area contributed by atoms with E-state index >= 15 is 0 Å². The monoisotopic (exact) mass is 327 g/mol. The van der Waals surface area contributed by atoms with Gasteiger partial charge in [-0.15, -0.1) is 0 Å². The van der Waals surface area contributed by atoms with Gasteiger partial charge in [-0.3, -0.25) is 9.59 Å². The van der Waals surface area contributed by atoms with E-state index in [2.05, 4.69) is 4.74 Å². The van der Waals surface area contributed by atoms with Gasteiger partial charge in [-0.1, -0.05) is 42.5 Å². The number of carbonyl (C=O) groups excluding carboxylic acids is 2. The molecule has 0 radical (unpaired) electrons. The molecule has 24 heavy (non-hydrogen) atoms. The number of aryl methyl sites for hydroxylation is 1. The Hall–Kier alpha value is -2.82. The summed E-state index contributed by atoms with van der Waals surface area (Å²) in [6.07, 6.45) is 0. The van der Waals surface area contributed by atoms with Gasteiger partial charge in [-0.05, 0) is 30.2 Å². The zero-order valence-corrected chi connectivity index (χ0v) is 13.9. The number of esters is 1. The molecule has 0 aliphatic carbocycles. The molecule has 0 bridgehead atoms. The molecule has 0 atom stereocenters. The SMILES string of the molecule is COC(=O)CN(Cc1ccccc1C)C(=O)COc1ccccc1. The van der Waals surface area contributed by atoms with Crippen LogP contribution in [0.3, 0.4) is 0 Å². The summed E-state index contributed by atoms with van der Waals surface area (Å²) in [5.41, 5.74) is 2.04. The standard InChI is InChI=1S/C19H21NO4/c1-15-8-6-7-9-16(15)12-20(13-19(22)23-2)18(21)14-24-17-10-4-3-5-11-17/h3-11H,12-14H2,1-2H3. The quantitative estimate of drug-likeness (QED) is 0.734. The second kappa shape index (κ2) is 8.72. The number of para-hydroxylation sites is 1. The molecule has 0 fully saturated rings. The van der Waals surface area contributed by atoms with Gasteiger partial charge in [-0.2, -0.15) is 0 Å². The van der Waals surface area contributed by atoms with Crippen molar-refractivity contribution in [1.29, 1.82) is 0 Å². The molecule has 126 valence electrons. The molecule has 0 N–H and O–H groups in total.